The van der Waals surface area contributed by atoms with Gasteiger partial charge in [0.1, 0.15) is 6.61 Å². The van der Waals surface area contributed by atoms with Crippen molar-refractivity contribution in [1.29, 1.82) is 0 Å². The second-order valence-electron chi connectivity index (χ2n) is 8.56. The van der Waals surface area contributed by atoms with Gasteiger partial charge >= 0.3 is 12.1 Å². The number of para-hydroxylation sites is 1. The molecule has 1 saturated heterocycles. The molecule has 1 aliphatic carbocycles. The Kier molecular flexibility index (Phi) is 6.20. The van der Waals surface area contributed by atoms with E-state index in [1.54, 1.807) is 12.1 Å². The SMILES string of the molecule is O=C(NC1COCC1C(=O)Nc1ccccc1C(=O)O)OCC1c2ccccc2-c2ccccc21. The Morgan fingerprint density at radius 1 is 0.886 bits per heavy atom. The topological polar surface area (TPSA) is 114 Å². The predicted molar refractivity (Wildman–Crippen MR) is 128 cm³/mol. The van der Waals surface area contributed by atoms with Crippen LogP contribution in [0.25, 0.3) is 11.1 Å². The number of benzene rings is 3. The highest BCUT2D eigenvalue weighted by Crippen LogP contribution is 2.44. The lowest BCUT2D eigenvalue weighted by Gasteiger charge is -2.20. The molecule has 2 aliphatic rings. The van der Waals surface area contributed by atoms with Crippen LogP contribution in [0.15, 0.2) is 72.8 Å². The van der Waals surface area contributed by atoms with E-state index < -0.39 is 29.9 Å². The summed E-state index contributed by atoms with van der Waals surface area (Å²) < 4.78 is 11.0. The van der Waals surface area contributed by atoms with E-state index >= 15 is 0 Å². The van der Waals surface area contributed by atoms with Crippen molar-refractivity contribution in [3.63, 3.8) is 0 Å². The number of carboxylic acid groups (broad SMARTS) is 1. The van der Waals surface area contributed by atoms with E-state index in [-0.39, 0.29) is 37.0 Å². The molecule has 1 fully saturated rings. The minimum absolute atomic E-state index is 0.0131. The summed E-state index contributed by atoms with van der Waals surface area (Å²) in [5.74, 6) is -2.33. The number of carboxylic acids is 1. The third-order valence-electron chi connectivity index (χ3n) is 6.48. The number of aromatic carboxylic acids is 1. The van der Waals surface area contributed by atoms with E-state index in [4.69, 9.17) is 9.47 Å². The van der Waals surface area contributed by atoms with Crippen molar-refractivity contribution in [3.8, 4) is 11.1 Å². The van der Waals surface area contributed by atoms with Gasteiger partial charge in [-0.05, 0) is 34.4 Å². The molecule has 0 aromatic heterocycles. The highest BCUT2D eigenvalue weighted by molar-refractivity contribution is 6.01. The lowest BCUT2D eigenvalue weighted by molar-refractivity contribution is -0.120. The zero-order valence-electron chi connectivity index (χ0n) is 18.8. The first kappa shape index (κ1) is 22.6. The molecule has 1 aliphatic heterocycles. The van der Waals surface area contributed by atoms with Gasteiger partial charge in [-0.3, -0.25) is 4.79 Å². The van der Waals surface area contributed by atoms with Crippen LogP contribution in [0.5, 0.6) is 0 Å². The molecule has 5 rings (SSSR count). The van der Waals surface area contributed by atoms with Crippen LogP contribution in [0.4, 0.5) is 10.5 Å². The van der Waals surface area contributed by atoms with E-state index in [9.17, 15) is 19.5 Å². The van der Waals surface area contributed by atoms with Gasteiger partial charge < -0.3 is 25.2 Å². The van der Waals surface area contributed by atoms with Gasteiger partial charge in [0.25, 0.3) is 0 Å². The second-order valence-corrected chi connectivity index (χ2v) is 8.56. The van der Waals surface area contributed by atoms with Gasteiger partial charge in [-0.2, -0.15) is 0 Å². The van der Waals surface area contributed by atoms with Crippen molar-refractivity contribution in [2.24, 2.45) is 5.92 Å². The highest BCUT2D eigenvalue weighted by atomic mass is 16.5. The molecular formula is C27H24N2O6. The molecule has 0 radical (unpaired) electrons. The summed E-state index contributed by atoms with van der Waals surface area (Å²) in [5, 5.41) is 14.7. The molecule has 0 saturated carbocycles. The Labute approximate surface area is 201 Å². The summed E-state index contributed by atoms with van der Waals surface area (Å²) in [6.07, 6.45) is -0.633. The smallest absolute Gasteiger partial charge is 0.407 e. The molecule has 1 heterocycles. The van der Waals surface area contributed by atoms with Crippen molar-refractivity contribution >= 4 is 23.7 Å². The molecule has 2 unspecified atom stereocenters. The first-order chi connectivity index (χ1) is 17.0. The highest BCUT2D eigenvalue weighted by Gasteiger charge is 2.36. The van der Waals surface area contributed by atoms with Crippen molar-refractivity contribution in [1.82, 2.24) is 5.32 Å². The predicted octanol–water partition coefficient (Wildman–Crippen LogP) is 3.88. The Hall–Kier alpha value is -4.17. The van der Waals surface area contributed by atoms with Crippen molar-refractivity contribution < 1.29 is 29.0 Å². The first-order valence-electron chi connectivity index (χ1n) is 11.4. The Balaban J connectivity index is 1.22. The standard InChI is InChI=1S/C27H24N2O6/c30-25(28-23-12-6-5-11-20(23)26(31)32)22-13-34-15-24(22)29-27(33)35-14-21-18-9-3-1-7-16(18)17-8-2-4-10-19(17)21/h1-12,21-22,24H,13-15H2,(H,28,30)(H,29,33)(H,31,32). The molecule has 178 valence electrons. The normalized spacial score (nSPS) is 18.4. The molecule has 35 heavy (non-hydrogen) atoms. The van der Waals surface area contributed by atoms with Crippen LogP contribution in [-0.2, 0) is 14.3 Å². The summed E-state index contributed by atoms with van der Waals surface area (Å²) in [5.41, 5.74) is 4.68. The van der Waals surface area contributed by atoms with E-state index in [0.717, 1.165) is 22.3 Å². The average Bonchev–Trinajstić information content (AvgIpc) is 3.45. The Bertz CT molecular complexity index is 1240. The monoisotopic (exact) mass is 472 g/mol. The second kappa shape index (κ2) is 9.60. The molecule has 8 heteroatoms. The number of hydrogen-bond donors (Lipinski definition) is 3. The minimum Gasteiger partial charge on any atom is -0.478 e. The number of alkyl carbamates (subject to hydrolysis) is 1. The third kappa shape index (κ3) is 4.48. The Morgan fingerprint density at radius 2 is 1.51 bits per heavy atom. The lowest BCUT2D eigenvalue weighted by Crippen LogP contribution is -2.44. The number of ether oxygens (including phenoxy) is 2. The number of carbonyl (C=O) groups is 3. The average molecular weight is 472 g/mol. The minimum atomic E-state index is -1.14. The van der Waals surface area contributed by atoms with Gasteiger partial charge in [-0.25, -0.2) is 9.59 Å². The molecule has 2 atom stereocenters. The molecule has 2 amide bonds. The maximum Gasteiger partial charge on any atom is 0.407 e. The van der Waals surface area contributed by atoms with Gasteiger partial charge in [-0.15, -0.1) is 0 Å². The maximum atomic E-state index is 12.8. The van der Waals surface area contributed by atoms with E-state index in [0.29, 0.717) is 0 Å². The first-order valence-corrected chi connectivity index (χ1v) is 11.4. The molecule has 0 bridgehead atoms. The summed E-state index contributed by atoms with van der Waals surface area (Å²) in [7, 11) is 0. The van der Waals surface area contributed by atoms with Gasteiger partial charge in [0.2, 0.25) is 5.91 Å². The number of anilines is 1. The van der Waals surface area contributed by atoms with E-state index in [1.165, 1.54) is 12.1 Å². The molecule has 3 aromatic rings. The quantitative estimate of drug-likeness (QED) is 0.502. The zero-order chi connectivity index (χ0) is 24.4. The van der Waals surface area contributed by atoms with Crippen LogP contribution in [-0.4, -0.2) is 48.9 Å². The molecule has 0 spiro atoms. The maximum absolute atomic E-state index is 12.8. The fourth-order valence-corrected chi connectivity index (χ4v) is 4.75. The van der Waals surface area contributed by atoms with Crippen molar-refractivity contribution in [3.05, 3.63) is 89.5 Å². The lowest BCUT2D eigenvalue weighted by atomic mass is 9.98. The summed E-state index contributed by atoms with van der Waals surface area (Å²) in [6.45, 7) is 0.425. The van der Waals surface area contributed by atoms with Crippen LogP contribution in [0.2, 0.25) is 0 Å². The van der Waals surface area contributed by atoms with E-state index in [1.807, 2.05) is 36.4 Å². The third-order valence-corrected chi connectivity index (χ3v) is 6.48. The number of amides is 2. The number of fused-ring (bicyclic) bond motifs is 3. The number of hydrogen-bond acceptors (Lipinski definition) is 5. The fraction of sp³-hybridized carbons (Fsp3) is 0.222. The van der Waals surface area contributed by atoms with Gasteiger partial charge in [0, 0.05) is 5.92 Å². The number of nitrogens with one attached hydrogen (secondary N) is 2. The molecular weight excluding hydrogens is 448 g/mol. The van der Waals surface area contributed by atoms with Crippen LogP contribution in [0, 0.1) is 5.92 Å². The van der Waals surface area contributed by atoms with Crippen LogP contribution in [0.1, 0.15) is 27.4 Å². The summed E-state index contributed by atoms with van der Waals surface area (Å²) >= 11 is 0. The molecule has 3 N–H and O–H groups in total. The van der Waals surface area contributed by atoms with Crippen molar-refractivity contribution in [2.45, 2.75) is 12.0 Å². The van der Waals surface area contributed by atoms with Crippen LogP contribution in [0.3, 0.4) is 0 Å². The summed E-state index contributed by atoms with van der Waals surface area (Å²) in [4.78, 5) is 36.9. The van der Waals surface area contributed by atoms with Gasteiger partial charge in [0.15, 0.2) is 0 Å². The fourth-order valence-electron chi connectivity index (χ4n) is 4.75. The zero-order valence-corrected chi connectivity index (χ0v) is 18.8. The largest absolute Gasteiger partial charge is 0.478 e. The van der Waals surface area contributed by atoms with Crippen LogP contribution < -0.4 is 10.6 Å². The Morgan fingerprint density at radius 3 is 2.20 bits per heavy atom. The van der Waals surface area contributed by atoms with E-state index in [2.05, 4.69) is 22.8 Å². The van der Waals surface area contributed by atoms with Crippen molar-refractivity contribution in [2.75, 3.05) is 25.1 Å². The summed E-state index contributed by atoms with van der Waals surface area (Å²) in [6, 6.07) is 21.7. The van der Waals surface area contributed by atoms with Crippen LogP contribution >= 0.6 is 0 Å². The number of carbonyl (C=O) groups excluding carboxylic acids is 2. The molecule has 8 nitrogen and oxygen atoms in total. The number of rotatable bonds is 6. The van der Waals surface area contributed by atoms with Gasteiger partial charge in [-0.1, -0.05) is 60.7 Å². The van der Waals surface area contributed by atoms with Gasteiger partial charge in [0.05, 0.1) is 36.4 Å². The molecule has 3 aromatic carbocycles.